The van der Waals surface area contributed by atoms with E-state index < -0.39 is 101 Å². The fourth-order valence-electron chi connectivity index (χ4n) is 7.40. The fraction of sp³-hybridized carbons (Fsp3) is 0.568. The number of phenolic OH excluding ortho intramolecular Hbond substituents is 1. The van der Waals surface area contributed by atoms with Crippen LogP contribution in [-0.4, -0.2) is 124 Å². The highest BCUT2D eigenvalue weighted by atomic mass is 16.7. The molecule has 17 nitrogen and oxygen atoms in total. The molecule has 0 aliphatic heterocycles. The normalized spacial score (nSPS) is 22.6. The average Bonchev–Trinajstić information content (AvgIpc) is 3.00. The van der Waals surface area contributed by atoms with Gasteiger partial charge < -0.3 is 45.9 Å². The summed E-state index contributed by atoms with van der Waals surface area (Å²) in [6, 6.07) is 0.232. The first-order chi connectivity index (χ1) is 24.7. The van der Waals surface area contributed by atoms with Gasteiger partial charge in [0.2, 0.25) is 18.5 Å². The number of hydrogen-bond acceptors (Lipinski definition) is 14. The van der Waals surface area contributed by atoms with Gasteiger partial charge in [-0.2, -0.15) is 0 Å². The number of Topliss-reactive ketones (excluding diaryl/α,β-unsaturated/α-hetero) is 2. The van der Waals surface area contributed by atoms with E-state index in [0.29, 0.717) is 11.3 Å². The number of ketones is 2. The Morgan fingerprint density at radius 2 is 1.61 bits per heavy atom. The Kier molecular flexibility index (Phi) is 11.2. The topological polar surface area (TPSA) is 250 Å². The molecule has 0 radical (unpaired) electrons. The maximum Gasteiger partial charge on any atom is 0.413 e. The van der Waals surface area contributed by atoms with Crippen molar-refractivity contribution in [3.05, 3.63) is 34.1 Å². The highest BCUT2D eigenvalue weighted by molar-refractivity contribution is 6.24. The molecule has 0 heterocycles. The Morgan fingerprint density at radius 1 is 1.00 bits per heavy atom. The summed E-state index contributed by atoms with van der Waals surface area (Å²) < 4.78 is 10.2. The van der Waals surface area contributed by atoms with Crippen molar-refractivity contribution in [1.82, 2.24) is 9.80 Å². The predicted octanol–water partition coefficient (Wildman–Crippen LogP) is 2.14. The molecule has 3 aliphatic carbocycles. The molecule has 1 fully saturated rings. The molecular weight excluding hydrogens is 706 g/mol. The lowest BCUT2D eigenvalue weighted by molar-refractivity contribution is -0.155. The number of aliphatic hydroxyl groups excluding tert-OH is 2. The van der Waals surface area contributed by atoms with Gasteiger partial charge in [-0.05, 0) is 70.7 Å². The summed E-state index contributed by atoms with van der Waals surface area (Å²) in [6.07, 6.45) is -0.922. The minimum atomic E-state index is -2.81. The van der Waals surface area contributed by atoms with Gasteiger partial charge in [0.05, 0.1) is 23.7 Å². The third-order valence-electron chi connectivity index (χ3n) is 9.86. The van der Waals surface area contributed by atoms with Crippen LogP contribution in [0, 0.1) is 17.3 Å². The van der Waals surface area contributed by atoms with Gasteiger partial charge in [-0.3, -0.25) is 33.8 Å². The largest absolute Gasteiger partial charge is 0.508 e. The third kappa shape index (κ3) is 7.59. The van der Waals surface area contributed by atoms with Crippen LogP contribution in [0.2, 0.25) is 0 Å². The van der Waals surface area contributed by atoms with Crippen molar-refractivity contribution in [2.24, 2.45) is 23.0 Å². The summed E-state index contributed by atoms with van der Waals surface area (Å²) in [4.78, 5) is 82.7. The molecule has 4 atom stereocenters. The number of carbonyl (C=O) groups is 6. The van der Waals surface area contributed by atoms with Crippen LogP contribution in [0.5, 0.6) is 5.75 Å². The summed E-state index contributed by atoms with van der Waals surface area (Å²) in [5.41, 5.74) is 0.413. The van der Waals surface area contributed by atoms with Crippen LogP contribution in [0.4, 0.5) is 16.2 Å². The van der Waals surface area contributed by atoms with Crippen molar-refractivity contribution in [3.63, 3.8) is 0 Å². The molecule has 0 spiro atoms. The van der Waals surface area contributed by atoms with E-state index in [0.717, 1.165) is 4.90 Å². The molecule has 0 unspecified atom stereocenters. The van der Waals surface area contributed by atoms with Crippen molar-refractivity contribution < 1.29 is 58.7 Å². The highest BCUT2D eigenvalue weighted by Gasteiger charge is 2.64. The van der Waals surface area contributed by atoms with Crippen LogP contribution in [0.1, 0.15) is 65.5 Å². The summed E-state index contributed by atoms with van der Waals surface area (Å²) in [6.45, 7) is 9.23. The van der Waals surface area contributed by atoms with Crippen molar-refractivity contribution in [2.45, 2.75) is 78.0 Å². The molecule has 17 heteroatoms. The van der Waals surface area contributed by atoms with Crippen molar-refractivity contribution >= 4 is 52.6 Å². The van der Waals surface area contributed by atoms with Gasteiger partial charge in [-0.25, -0.2) is 4.79 Å². The maximum atomic E-state index is 14.3. The number of fused-ring (bicyclic) bond motifs is 3. The zero-order valence-electron chi connectivity index (χ0n) is 32.3. The summed E-state index contributed by atoms with van der Waals surface area (Å²) in [7, 11) is 6.39. The molecule has 1 saturated carbocycles. The number of nitrogens with two attached hydrogens (primary N) is 1. The van der Waals surface area contributed by atoms with Gasteiger partial charge in [-0.15, -0.1) is 0 Å². The number of primary amides is 1. The fourth-order valence-corrected chi connectivity index (χ4v) is 7.40. The van der Waals surface area contributed by atoms with E-state index in [2.05, 4.69) is 5.32 Å². The lowest BCUT2D eigenvalue weighted by Gasteiger charge is -2.50. The van der Waals surface area contributed by atoms with Gasteiger partial charge in [-0.1, -0.05) is 20.8 Å². The van der Waals surface area contributed by atoms with Gasteiger partial charge in [0.1, 0.15) is 29.4 Å². The molecule has 0 saturated heterocycles. The first-order valence-corrected chi connectivity index (χ1v) is 17.3. The molecule has 0 bridgehead atoms. The Morgan fingerprint density at radius 3 is 2.13 bits per heavy atom. The van der Waals surface area contributed by atoms with Crippen LogP contribution in [0.3, 0.4) is 0 Å². The van der Waals surface area contributed by atoms with Crippen LogP contribution in [0.25, 0.3) is 5.76 Å². The monoisotopic (exact) mass is 757 g/mol. The number of rotatable bonds is 9. The van der Waals surface area contributed by atoms with E-state index in [9.17, 15) is 49.2 Å². The quantitative estimate of drug-likeness (QED) is 0.0915. The standard InChI is InChI=1S/C37H51N5O12/c1-35(2,3)14-23(44)53-16-54-34(51)42(36(4,5)6)15-22(43)39-20-13-21(40(7)8)18-11-17-12-19-27(41(9)10)30(47)26(33(38)50)32(49)37(19,52)31(48)24(17)29(46)25(18)28(20)45/h13,17,19,27,45-46,49,52H,11-12,14-16H2,1-10H3,(H2,38,50)(H,39,43)/t17-,19-,27-,37-/m0/s1. The van der Waals surface area contributed by atoms with Crippen LogP contribution in [-0.2, 0) is 39.9 Å². The summed E-state index contributed by atoms with van der Waals surface area (Å²) in [5.74, 6) is -9.33. The number of aromatic hydroxyl groups is 1. The first-order valence-electron chi connectivity index (χ1n) is 17.3. The zero-order chi connectivity index (χ0) is 41.0. The predicted molar refractivity (Wildman–Crippen MR) is 195 cm³/mol. The second-order valence-corrected chi connectivity index (χ2v) is 16.6. The van der Waals surface area contributed by atoms with E-state index in [4.69, 9.17) is 15.2 Å². The highest BCUT2D eigenvalue weighted by Crippen LogP contribution is 2.54. The SMILES string of the molecule is CN(C)c1cc(NC(=O)CN(C(=O)OCOC(=O)CC(C)(C)C)C(C)(C)C)c(O)c2c1C[C@H]1C[C@H]3[C@H](N(C)C)C(=O)C(C(N)=O)=C(O)[C@@]3(O)C(=O)C1=C2O. The third-order valence-corrected chi connectivity index (χ3v) is 9.86. The number of phenols is 1. The van der Waals surface area contributed by atoms with E-state index in [1.54, 1.807) is 39.8 Å². The molecule has 4 rings (SSSR count). The van der Waals surface area contributed by atoms with Crippen molar-refractivity contribution in [3.8, 4) is 5.75 Å². The first kappa shape index (κ1) is 41.6. The number of nitrogens with one attached hydrogen (secondary N) is 1. The molecule has 54 heavy (non-hydrogen) atoms. The number of ether oxygens (including phenoxy) is 2. The number of anilines is 2. The van der Waals surface area contributed by atoms with Crippen LogP contribution < -0.4 is 16.0 Å². The summed E-state index contributed by atoms with van der Waals surface area (Å²) in [5, 5.41) is 48.9. The summed E-state index contributed by atoms with van der Waals surface area (Å²) >= 11 is 0. The van der Waals surface area contributed by atoms with E-state index >= 15 is 0 Å². The number of carbonyl (C=O) groups excluding carboxylic acids is 6. The molecular formula is C37H51N5O12. The number of benzene rings is 1. The second-order valence-electron chi connectivity index (χ2n) is 16.6. The molecule has 7 N–H and O–H groups in total. The smallest absolute Gasteiger partial charge is 0.413 e. The number of nitrogens with zero attached hydrogens (tertiary/aromatic N) is 3. The van der Waals surface area contributed by atoms with E-state index in [-0.39, 0.29) is 41.5 Å². The average molecular weight is 758 g/mol. The number of aliphatic hydroxyl groups is 3. The molecule has 3 aliphatic rings. The lowest BCUT2D eigenvalue weighted by atomic mass is 9.57. The number of amides is 3. The van der Waals surface area contributed by atoms with Crippen LogP contribution >= 0.6 is 0 Å². The lowest BCUT2D eigenvalue weighted by Crippen LogP contribution is -2.65. The number of likely N-dealkylation sites (N-methyl/N-ethyl adjacent to an activating group) is 1. The van der Waals surface area contributed by atoms with Crippen molar-refractivity contribution in [2.75, 3.05) is 51.7 Å². The molecule has 1 aromatic carbocycles. The number of hydrogen-bond donors (Lipinski definition) is 6. The van der Waals surface area contributed by atoms with Crippen LogP contribution in [0.15, 0.2) is 23.0 Å². The molecule has 0 aromatic heterocycles. The second kappa shape index (κ2) is 14.6. The Balaban J connectivity index is 1.71. The number of esters is 1. The van der Waals surface area contributed by atoms with Gasteiger partial charge >= 0.3 is 12.1 Å². The minimum Gasteiger partial charge on any atom is -0.508 e. The zero-order valence-corrected chi connectivity index (χ0v) is 32.3. The Bertz CT molecular complexity index is 1850. The Hall–Kier alpha value is -5.16. The molecule has 1 aromatic rings. The Labute approximate surface area is 313 Å². The molecule has 3 amide bonds. The van der Waals surface area contributed by atoms with Crippen molar-refractivity contribution in [1.29, 1.82) is 0 Å². The minimum absolute atomic E-state index is 0.0355. The van der Waals surface area contributed by atoms with E-state index in [1.807, 2.05) is 20.8 Å². The van der Waals surface area contributed by atoms with E-state index in [1.165, 1.54) is 25.1 Å². The van der Waals surface area contributed by atoms with Gasteiger partial charge in [0.25, 0.3) is 5.91 Å². The molecule has 296 valence electrons. The van der Waals surface area contributed by atoms with Gasteiger partial charge in [0, 0.05) is 36.8 Å². The maximum absolute atomic E-state index is 14.3. The van der Waals surface area contributed by atoms with Gasteiger partial charge in [0.15, 0.2) is 11.4 Å².